The van der Waals surface area contributed by atoms with Crippen molar-refractivity contribution >= 4 is 8.80 Å². The molecule has 3 atom stereocenters. The monoisotopic (exact) mass is 256 g/mol. The van der Waals surface area contributed by atoms with E-state index in [0.717, 1.165) is 5.92 Å². The first-order chi connectivity index (χ1) is 8.25. The van der Waals surface area contributed by atoms with Gasteiger partial charge in [0.15, 0.2) is 0 Å². The van der Waals surface area contributed by atoms with Crippen LogP contribution in [0.5, 0.6) is 0 Å². The minimum atomic E-state index is -2.47. The summed E-state index contributed by atoms with van der Waals surface area (Å²) in [5, 5.41) is 0. The molecule has 4 heteroatoms. The Morgan fingerprint density at radius 3 is 1.88 bits per heavy atom. The van der Waals surface area contributed by atoms with Gasteiger partial charge in [-0.25, -0.2) is 0 Å². The summed E-state index contributed by atoms with van der Waals surface area (Å²) in [5.41, 5.74) is 0.484. The fraction of sp³-hybridized carbons (Fsp3) is 0.846. The Balaban J connectivity index is 2.15. The van der Waals surface area contributed by atoms with Crippen molar-refractivity contribution < 1.29 is 13.3 Å². The molecule has 0 aromatic rings. The number of fused-ring (bicyclic) bond motifs is 2. The smallest absolute Gasteiger partial charge is 0.374 e. The number of hydrogen-bond donors (Lipinski definition) is 0. The predicted octanol–water partition coefficient (Wildman–Crippen LogP) is 3.00. The molecule has 0 N–H and O–H groups in total. The molecular weight excluding hydrogens is 232 g/mol. The second kappa shape index (κ2) is 5.65. The van der Waals surface area contributed by atoms with E-state index >= 15 is 0 Å². The van der Waals surface area contributed by atoms with Crippen molar-refractivity contribution in [3.8, 4) is 0 Å². The Morgan fingerprint density at radius 1 is 0.941 bits per heavy atom. The Morgan fingerprint density at radius 2 is 1.53 bits per heavy atom. The molecule has 0 aromatic carbocycles. The van der Waals surface area contributed by atoms with E-state index in [2.05, 4.69) is 12.2 Å². The maximum atomic E-state index is 6.01. The topological polar surface area (TPSA) is 27.7 Å². The molecule has 1 saturated carbocycles. The highest BCUT2D eigenvalue weighted by Crippen LogP contribution is 2.52. The van der Waals surface area contributed by atoms with Gasteiger partial charge in [0.1, 0.15) is 0 Å². The fourth-order valence-electron chi connectivity index (χ4n) is 3.24. The molecule has 0 radical (unpaired) electrons. The van der Waals surface area contributed by atoms with Crippen LogP contribution < -0.4 is 0 Å². The van der Waals surface area contributed by atoms with Crippen LogP contribution >= 0.6 is 0 Å². The van der Waals surface area contributed by atoms with Crippen LogP contribution in [0.4, 0.5) is 0 Å². The van der Waals surface area contributed by atoms with Gasteiger partial charge in [0, 0.05) is 25.4 Å². The van der Waals surface area contributed by atoms with Gasteiger partial charge in [-0.1, -0.05) is 12.2 Å². The molecule has 0 heterocycles. The van der Waals surface area contributed by atoms with Gasteiger partial charge in [0.2, 0.25) is 0 Å². The summed E-state index contributed by atoms with van der Waals surface area (Å²) < 4.78 is 18.0. The lowest BCUT2D eigenvalue weighted by molar-refractivity contribution is 0.0578. The van der Waals surface area contributed by atoms with E-state index in [1.807, 2.05) is 20.8 Å². The fourth-order valence-corrected chi connectivity index (χ4v) is 6.70. The van der Waals surface area contributed by atoms with Crippen LogP contribution in [0.25, 0.3) is 0 Å². The molecule has 1 fully saturated rings. The summed E-state index contributed by atoms with van der Waals surface area (Å²) in [6, 6.07) is 0. The van der Waals surface area contributed by atoms with Gasteiger partial charge in [-0.3, -0.25) is 0 Å². The highest BCUT2D eigenvalue weighted by atomic mass is 28.4. The van der Waals surface area contributed by atoms with Crippen LogP contribution in [0.3, 0.4) is 0 Å². The Hall–Kier alpha value is -0.163. The van der Waals surface area contributed by atoms with Gasteiger partial charge in [0.25, 0.3) is 0 Å². The summed E-state index contributed by atoms with van der Waals surface area (Å²) in [6.45, 7) is 8.14. The molecule has 0 aromatic heterocycles. The van der Waals surface area contributed by atoms with Crippen molar-refractivity contribution in [2.24, 2.45) is 11.8 Å². The first-order valence-electron chi connectivity index (χ1n) is 6.85. The van der Waals surface area contributed by atoms with Crippen LogP contribution in [0, 0.1) is 11.8 Å². The average molecular weight is 256 g/mol. The molecule has 3 nitrogen and oxygen atoms in total. The molecule has 98 valence electrons. The van der Waals surface area contributed by atoms with Crippen molar-refractivity contribution in [3.05, 3.63) is 12.2 Å². The van der Waals surface area contributed by atoms with Gasteiger partial charge in [-0.15, -0.1) is 0 Å². The maximum Gasteiger partial charge on any atom is 0.504 e. The van der Waals surface area contributed by atoms with Crippen molar-refractivity contribution in [2.75, 3.05) is 19.8 Å². The number of allylic oxidation sites excluding steroid dienone is 2. The van der Waals surface area contributed by atoms with E-state index in [1.165, 1.54) is 12.8 Å². The molecule has 2 aliphatic rings. The summed E-state index contributed by atoms with van der Waals surface area (Å²) >= 11 is 0. The van der Waals surface area contributed by atoms with Gasteiger partial charge >= 0.3 is 8.80 Å². The molecule has 2 bridgehead atoms. The molecule has 17 heavy (non-hydrogen) atoms. The summed E-state index contributed by atoms with van der Waals surface area (Å²) in [7, 11) is -2.47. The third kappa shape index (κ3) is 2.50. The summed E-state index contributed by atoms with van der Waals surface area (Å²) in [5.74, 6) is 1.36. The molecular formula is C13H24O3Si. The van der Waals surface area contributed by atoms with Crippen LogP contribution in [0.2, 0.25) is 5.54 Å². The lowest BCUT2D eigenvalue weighted by atomic mass is 10.1. The number of hydrogen-bond acceptors (Lipinski definition) is 3. The lowest BCUT2D eigenvalue weighted by Gasteiger charge is -2.36. The highest BCUT2D eigenvalue weighted by molar-refractivity contribution is 6.62. The first-order valence-corrected chi connectivity index (χ1v) is 8.66. The van der Waals surface area contributed by atoms with Crippen molar-refractivity contribution in [2.45, 2.75) is 39.2 Å². The van der Waals surface area contributed by atoms with Crippen LogP contribution in [0.15, 0.2) is 12.2 Å². The lowest BCUT2D eigenvalue weighted by Crippen LogP contribution is -2.51. The molecule has 0 spiro atoms. The zero-order valence-electron chi connectivity index (χ0n) is 11.1. The predicted molar refractivity (Wildman–Crippen MR) is 69.7 cm³/mol. The zero-order valence-corrected chi connectivity index (χ0v) is 12.1. The Kier molecular flexibility index (Phi) is 4.41. The van der Waals surface area contributed by atoms with Crippen LogP contribution in [0.1, 0.15) is 33.6 Å². The molecule has 0 aliphatic heterocycles. The maximum absolute atomic E-state index is 6.01. The Labute approximate surface area is 106 Å². The third-order valence-corrected chi connectivity index (χ3v) is 7.41. The standard InChI is InChI=1S/C13H24O3Si/c1-4-14-17(15-5-2,16-6-3)13-10-11-7-8-12(13)9-11/h7-8,11-13H,4-6,9-10H2,1-3H3/t11?,12-,13?/m0/s1. The minimum Gasteiger partial charge on any atom is -0.374 e. The molecule has 0 amide bonds. The van der Waals surface area contributed by atoms with E-state index in [1.54, 1.807) is 0 Å². The molecule has 2 rings (SSSR count). The normalized spacial score (nSPS) is 31.4. The Bertz CT molecular complexity index is 263. The second-order valence-corrected chi connectivity index (χ2v) is 7.60. The van der Waals surface area contributed by atoms with Gasteiger partial charge in [0.05, 0.1) is 0 Å². The van der Waals surface area contributed by atoms with E-state index in [9.17, 15) is 0 Å². The van der Waals surface area contributed by atoms with E-state index in [4.69, 9.17) is 13.3 Å². The van der Waals surface area contributed by atoms with Crippen LogP contribution in [-0.4, -0.2) is 28.6 Å². The summed E-state index contributed by atoms with van der Waals surface area (Å²) in [4.78, 5) is 0. The molecule has 2 aliphatic carbocycles. The van der Waals surface area contributed by atoms with Crippen LogP contribution in [-0.2, 0) is 13.3 Å². The zero-order chi connectivity index (χ0) is 12.3. The van der Waals surface area contributed by atoms with Crippen molar-refractivity contribution in [1.82, 2.24) is 0 Å². The summed E-state index contributed by atoms with van der Waals surface area (Å²) in [6.07, 6.45) is 7.15. The van der Waals surface area contributed by atoms with Crippen molar-refractivity contribution in [1.29, 1.82) is 0 Å². The van der Waals surface area contributed by atoms with Crippen molar-refractivity contribution in [3.63, 3.8) is 0 Å². The van der Waals surface area contributed by atoms with Gasteiger partial charge < -0.3 is 13.3 Å². The minimum absolute atomic E-state index is 0.484. The first kappa shape index (κ1) is 13.3. The SMILES string of the molecule is CCO[Si](OCC)(OCC)C1CC2C=C[C@H]1C2. The average Bonchev–Trinajstić information content (AvgIpc) is 2.91. The molecule has 2 unspecified atom stereocenters. The van der Waals surface area contributed by atoms with Gasteiger partial charge in [-0.05, 0) is 45.4 Å². The molecule has 0 saturated heterocycles. The quantitative estimate of drug-likeness (QED) is 0.518. The largest absolute Gasteiger partial charge is 0.504 e. The van der Waals surface area contributed by atoms with E-state index in [0.29, 0.717) is 31.3 Å². The number of rotatable bonds is 7. The van der Waals surface area contributed by atoms with E-state index in [-0.39, 0.29) is 0 Å². The van der Waals surface area contributed by atoms with E-state index < -0.39 is 8.80 Å². The third-order valence-electron chi connectivity index (χ3n) is 3.77. The second-order valence-electron chi connectivity index (χ2n) is 4.79. The highest BCUT2D eigenvalue weighted by Gasteiger charge is 2.56. The van der Waals surface area contributed by atoms with Gasteiger partial charge in [-0.2, -0.15) is 0 Å².